The zero-order valence-electron chi connectivity index (χ0n) is 18.8. The molecule has 30 heavy (non-hydrogen) atoms. The number of unbranched alkanes of at least 4 members (excludes halogenated alkanes) is 14. The molecule has 2 rings (SSSR count). The third-order valence-corrected chi connectivity index (χ3v) is 5.80. The Labute approximate surface area is 188 Å². The molecule has 0 bridgehead atoms. The molecule has 1 aromatic carbocycles. The van der Waals surface area contributed by atoms with Gasteiger partial charge in [-0.25, -0.2) is 9.78 Å². The van der Waals surface area contributed by atoms with Gasteiger partial charge in [0.1, 0.15) is 5.82 Å². The SMILES string of the molecule is CCCCCCCCCCCCCCCCCc1nc2ccc(C(=O)O)cc2[nH]1.Cl. The quantitative estimate of drug-likeness (QED) is 0.246. The fourth-order valence-electron chi connectivity index (χ4n) is 3.98. The second-order valence-corrected chi connectivity index (χ2v) is 8.42. The Morgan fingerprint density at radius 1 is 0.833 bits per heavy atom. The Balaban J connectivity index is 0.00000450. The van der Waals surface area contributed by atoms with Gasteiger partial charge in [-0.3, -0.25) is 0 Å². The lowest BCUT2D eigenvalue weighted by Crippen LogP contribution is -1.94. The number of nitrogens with zero attached hydrogens (tertiary/aromatic N) is 1. The minimum Gasteiger partial charge on any atom is -0.478 e. The lowest BCUT2D eigenvalue weighted by molar-refractivity contribution is 0.0697. The molecule has 0 radical (unpaired) electrons. The summed E-state index contributed by atoms with van der Waals surface area (Å²) in [5.74, 6) is 0.0719. The summed E-state index contributed by atoms with van der Waals surface area (Å²) >= 11 is 0. The van der Waals surface area contributed by atoms with E-state index in [0.717, 1.165) is 29.7 Å². The minimum absolute atomic E-state index is 0. The van der Waals surface area contributed by atoms with Crippen molar-refractivity contribution < 1.29 is 9.90 Å². The van der Waals surface area contributed by atoms with Gasteiger partial charge in [-0.2, -0.15) is 0 Å². The maximum absolute atomic E-state index is 11.0. The molecule has 0 spiro atoms. The highest BCUT2D eigenvalue weighted by Crippen LogP contribution is 2.17. The zero-order chi connectivity index (χ0) is 20.7. The number of aromatic amines is 1. The van der Waals surface area contributed by atoms with Crippen LogP contribution in [0, 0.1) is 0 Å². The van der Waals surface area contributed by atoms with Crippen LogP contribution in [0.2, 0.25) is 0 Å². The first kappa shape index (κ1) is 26.5. The van der Waals surface area contributed by atoms with Crippen LogP contribution in [-0.4, -0.2) is 21.0 Å². The van der Waals surface area contributed by atoms with E-state index in [4.69, 9.17) is 5.11 Å². The first-order valence-corrected chi connectivity index (χ1v) is 11.9. The van der Waals surface area contributed by atoms with E-state index in [1.54, 1.807) is 18.2 Å². The van der Waals surface area contributed by atoms with Crippen LogP contribution >= 0.6 is 12.4 Å². The maximum atomic E-state index is 11.0. The van der Waals surface area contributed by atoms with Crippen molar-refractivity contribution in [2.75, 3.05) is 0 Å². The van der Waals surface area contributed by atoms with Gasteiger partial charge in [-0.1, -0.05) is 96.8 Å². The van der Waals surface area contributed by atoms with Crippen molar-refractivity contribution >= 4 is 29.4 Å². The monoisotopic (exact) mass is 436 g/mol. The molecule has 0 aliphatic rings. The molecule has 1 heterocycles. The van der Waals surface area contributed by atoms with E-state index in [-0.39, 0.29) is 12.4 Å². The molecule has 0 fully saturated rings. The van der Waals surface area contributed by atoms with Gasteiger partial charge in [0.2, 0.25) is 0 Å². The van der Waals surface area contributed by atoms with E-state index in [1.807, 2.05) is 0 Å². The van der Waals surface area contributed by atoms with Crippen molar-refractivity contribution in [3.8, 4) is 0 Å². The van der Waals surface area contributed by atoms with Crippen molar-refractivity contribution in [2.45, 2.75) is 110 Å². The molecule has 0 amide bonds. The average Bonchev–Trinajstić information content (AvgIpc) is 3.12. The standard InChI is InChI=1S/C25H40N2O2.ClH/c1-2-3-4-5-6-7-8-9-10-11-12-13-14-15-16-17-24-26-22-19-18-21(25(28)29)20-23(22)27-24;/h18-20H,2-17H2,1H3,(H,26,27)(H,28,29);1H. The van der Waals surface area contributed by atoms with E-state index >= 15 is 0 Å². The van der Waals surface area contributed by atoms with Crippen molar-refractivity contribution in [1.82, 2.24) is 9.97 Å². The van der Waals surface area contributed by atoms with Crippen LogP contribution < -0.4 is 0 Å². The largest absolute Gasteiger partial charge is 0.478 e. The predicted molar refractivity (Wildman–Crippen MR) is 129 cm³/mol. The number of hydrogen-bond donors (Lipinski definition) is 2. The van der Waals surface area contributed by atoms with Gasteiger partial charge in [0.25, 0.3) is 0 Å². The Morgan fingerprint density at radius 2 is 1.33 bits per heavy atom. The fourth-order valence-corrected chi connectivity index (χ4v) is 3.98. The van der Waals surface area contributed by atoms with Crippen LogP contribution in [0.3, 0.4) is 0 Å². The molecule has 5 heteroatoms. The number of aryl methyl sites for hydroxylation is 1. The molecule has 0 saturated heterocycles. The summed E-state index contributed by atoms with van der Waals surface area (Å²) in [5, 5.41) is 9.07. The summed E-state index contributed by atoms with van der Waals surface area (Å²) in [4.78, 5) is 18.9. The van der Waals surface area contributed by atoms with Crippen LogP contribution in [0.5, 0.6) is 0 Å². The van der Waals surface area contributed by atoms with Gasteiger partial charge < -0.3 is 10.1 Å². The summed E-state index contributed by atoms with van der Waals surface area (Å²) in [5.41, 5.74) is 1.98. The molecule has 2 aromatic rings. The second kappa shape index (κ2) is 16.2. The number of halogens is 1. The molecule has 2 N–H and O–H groups in total. The zero-order valence-corrected chi connectivity index (χ0v) is 19.6. The van der Waals surface area contributed by atoms with Gasteiger partial charge in [0.15, 0.2) is 0 Å². The summed E-state index contributed by atoms with van der Waals surface area (Å²) in [6.45, 7) is 2.28. The molecule has 0 unspecified atom stereocenters. The van der Waals surface area contributed by atoms with E-state index in [2.05, 4.69) is 16.9 Å². The van der Waals surface area contributed by atoms with Crippen LogP contribution in [0.15, 0.2) is 18.2 Å². The van der Waals surface area contributed by atoms with Crippen LogP contribution in [0.25, 0.3) is 11.0 Å². The number of aromatic carboxylic acids is 1. The third kappa shape index (κ3) is 10.5. The maximum Gasteiger partial charge on any atom is 0.335 e. The smallest absolute Gasteiger partial charge is 0.335 e. The number of fused-ring (bicyclic) bond motifs is 1. The molecule has 0 saturated carbocycles. The fraction of sp³-hybridized carbons (Fsp3) is 0.680. The van der Waals surface area contributed by atoms with E-state index in [0.29, 0.717) is 5.56 Å². The number of rotatable bonds is 17. The van der Waals surface area contributed by atoms with Gasteiger partial charge >= 0.3 is 5.97 Å². The summed E-state index contributed by atoms with van der Waals surface area (Å²) < 4.78 is 0. The number of carbonyl (C=O) groups is 1. The number of H-pyrrole nitrogens is 1. The third-order valence-electron chi connectivity index (χ3n) is 5.80. The first-order chi connectivity index (χ1) is 14.2. The number of nitrogens with one attached hydrogen (secondary N) is 1. The van der Waals surface area contributed by atoms with Crippen molar-refractivity contribution in [3.63, 3.8) is 0 Å². The Bertz CT molecular complexity index is 714. The minimum atomic E-state index is -0.898. The van der Waals surface area contributed by atoms with Crippen molar-refractivity contribution in [2.24, 2.45) is 0 Å². The Morgan fingerprint density at radius 3 is 1.83 bits per heavy atom. The normalized spacial score (nSPS) is 11.0. The Kier molecular flexibility index (Phi) is 14.3. The summed E-state index contributed by atoms with van der Waals surface area (Å²) in [6, 6.07) is 5.06. The van der Waals surface area contributed by atoms with Crippen LogP contribution in [0.4, 0.5) is 0 Å². The van der Waals surface area contributed by atoms with Crippen molar-refractivity contribution in [1.29, 1.82) is 0 Å². The van der Waals surface area contributed by atoms with Gasteiger partial charge in [0.05, 0.1) is 16.6 Å². The number of hydrogen-bond acceptors (Lipinski definition) is 2. The lowest BCUT2D eigenvalue weighted by atomic mass is 10.0. The van der Waals surface area contributed by atoms with E-state index < -0.39 is 5.97 Å². The topological polar surface area (TPSA) is 66.0 Å². The van der Waals surface area contributed by atoms with Crippen LogP contribution in [0.1, 0.15) is 119 Å². The molecule has 0 atom stereocenters. The molecule has 0 aliphatic carbocycles. The molecular formula is C25H41ClN2O2. The first-order valence-electron chi connectivity index (χ1n) is 11.9. The van der Waals surface area contributed by atoms with Crippen molar-refractivity contribution in [3.05, 3.63) is 29.6 Å². The van der Waals surface area contributed by atoms with E-state index in [1.165, 1.54) is 89.9 Å². The number of carboxylic acids is 1. The number of benzene rings is 1. The molecular weight excluding hydrogens is 396 g/mol. The highest BCUT2D eigenvalue weighted by atomic mass is 35.5. The Hall–Kier alpha value is -1.55. The lowest BCUT2D eigenvalue weighted by Gasteiger charge is -2.03. The van der Waals surface area contributed by atoms with Crippen LogP contribution in [-0.2, 0) is 6.42 Å². The van der Waals surface area contributed by atoms with Gasteiger partial charge in [-0.15, -0.1) is 12.4 Å². The number of carboxylic acid groups (broad SMARTS) is 1. The van der Waals surface area contributed by atoms with E-state index in [9.17, 15) is 4.79 Å². The summed E-state index contributed by atoms with van der Waals surface area (Å²) in [6.07, 6.45) is 21.5. The van der Waals surface area contributed by atoms with Gasteiger partial charge in [0, 0.05) is 6.42 Å². The highest BCUT2D eigenvalue weighted by molar-refractivity contribution is 5.92. The predicted octanol–water partition coefficient (Wildman–Crippen LogP) is 8.10. The number of imidazole rings is 1. The molecule has 1 aromatic heterocycles. The average molecular weight is 437 g/mol. The molecule has 4 nitrogen and oxygen atoms in total. The van der Waals surface area contributed by atoms with Gasteiger partial charge in [-0.05, 0) is 24.6 Å². The highest BCUT2D eigenvalue weighted by Gasteiger charge is 2.07. The summed E-state index contributed by atoms with van der Waals surface area (Å²) in [7, 11) is 0. The molecule has 170 valence electrons. The number of aromatic nitrogens is 2. The second-order valence-electron chi connectivity index (χ2n) is 8.42. The molecule has 0 aliphatic heterocycles.